The average molecular weight is 260 g/mol. The molecule has 0 spiro atoms. The van der Waals surface area contributed by atoms with E-state index in [1.165, 1.54) is 29.7 Å². The highest BCUT2D eigenvalue weighted by molar-refractivity contribution is 5.51. The van der Waals surface area contributed by atoms with E-state index in [0.717, 1.165) is 12.5 Å². The van der Waals surface area contributed by atoms with Crippen molar-refractivity contribution in [3.63, 3.8) is 0 Å². The molecule has 19 heavy (non-hydrogen) atoms. The van der Waals surface area contributed by atoms with Crippen molar-refractivity contribution in [1.82, 2.24) is 5.32 Å². The third kappa shape index (κ3) is 3.73. The fourth-order valence-corrected chi connectivity index (χ4v) is 2.54. The molecule has 0 aliphatic heterocycles. The van der Waals surface area contributed by atoms with Gasteiger partial charge in [0.1, 0.15) is 0 Å². The zero-order chi connectivity index (χ0) is 14.0. The zero-order valence-corrected chi connectivity index (χ0v) is 13.0. The van der Waals surface area contributed by atoms with Crippen LogP contribution < -0.4 is 10.2 Å². The summed E-state index contributed by atoms with van der Waals surface area (Å²) >= 11 is 0. The molecule has 1 saturated carbocycles. The minimum atomic E-state index is 0.539. The first-order valence-electron chi connectivity index (χ1n) is 7.54. The summed E-state index contributed by atoms with van der Waals surface area (Å²) in [6.45, 7) is 9.91. The van der Waals surface area contributed by atoms with Crippen molar-refractivity contribution < 1.29 is 0 Å². The molecular weight excluding hydrogens is 232 g/mol. The maximum atomic E-state index is 3.49. The molecular formula is C17H28N2. The molecule has 1 aliphatic carbocycles. The Bertz CT molecular complexity index is 421. The van der Waals surface area contributed by atoms with Crippen LogP contribution in [0.4, 0.5) is 5.69 Å². The standard InChI is InChI=1S/C17H28N2/c1-12(2)18-11-16-8-9-17(10-13(16)3)19(5)14(4)15-6-7-15/h8-10,12,14-15,18H,6-7,11H2,1-5H3. The summed E-state index contributed by atoms with van der Waals surface area (Å²) in [6.07, 6.45) is 2.81. The van der Waals surface area contributed by atoms with E-state index in [1.807, 2.05) is 0 Å². The first kappa shape index (κ1) is 14.4. The normalized spacial score (nSPS) is 16.7. The summed E-state index contributed by atoms with van der Waals surface area (Å²) in [5.41, 5.74) is 4.15. The van der Waals surface area contributed by atoms with Gasteiger partial charge in [-0.25, -0.2) is 0 Å². The van der Waals surface area contributed by atoms with Gasteiger partial charge in [0.05, 0.1) is 0 Å². The Morgan fingerprint density at radius 3 is 2.47 bits per heavy atom. The van der Waals surface area contributed by atoms with Gasteiger partial charge in [0.2, 0.25) is 0 Å². The van der Waals surface area contributed by atoms with Crippen molar-refractivity contribution in [1.29, 1.82) is 0 Å². The molecule has 0 bridgehead atoms. The largest absolute Gasteiger partial charge is 0.372 e. The topological polar surface area (TPSA) is 15.3 Å². The minimum absolute atomic E-state index is 0.539. The Kier molecular flexibility index (Phi) is 4.51. The van der Waals surface area contributed by atoms with Gasteiger partial charge in [-0.1, -0.05) is 19.9 Å². The molecule has 1 atom stereocenters. The predicted octanol–water partition coefficient (Wildman–Crippen LogP) is 3.73. The second kappa shape index (κ2) is 5.96. The zero-order valence-electron chi connectivity index (χ0n) is 13.0. The van der Waals surface area contributed by atoms with Gasteiger partial charge < -0.3 is 10.2 Å². The number of rotatable bonds is 6. The van der Waals surface area contributed by atoms with Crippen LogP contribution in [-0.4, -0.2) is 19.1 Å². The number of benzene rings is 1. The molecule has 1 aromatic rings. The van der Waals surface area contributed by atoms with Crippen LogP contribution in [-0.2, 0) is 6.54 Å². The molecule has 1 fully saturated rings. The molecule has 2 rings (SSSR count). The lowest BCUT2D eigenvalue weighted by molar-refractivity contribution is 0.587. The van der Waals surface area contributed by atoms with Gasteiger partial charge in [0.15, 0.2) is 0 Å². The van der Waals surface area contributed by atoms with Gasteiger partial charge >= 0.3 is 0 Å². The lowest BCUT2D eigenvalue weighted by Crippen LogP contribution is -2.30. The van der Waals surface area contributed by atoms with Crippen molar-refractivity contribution in [3.05, 3.63) is 29.3 Å². The van der Waals surface area contributed by atoms with Gasteiger partial charge in [-0.3, -0.25) is 0 Å². The molecule has 0 saturated heterocycles. The second-order valence-corrected chi connectivity index (χ2v) is 6.34. The Balaban J connectivity index is 2.04. The Hall–Kier alpha value is -1.02. The van der Waals surface area contributed by atoms with E-state index in [2.05, 4.69) is 63.2 Å². The molecule has 2 nitrogen and oxygen atoms in total. The van der Waals surface area contributed by atoms with Crippen molar-refractivity contribution in [2.45, 2.75) is 59.2 Å². The SMILES string of the molecule is Cc1cc(N(C)C(C)C2CC2)ccc1CNC(C)C. The maximum Gasteiger partial charge on any atom is 0.0368 e. The van der Waals surface area contributed by atoms with Gasteiger partial charge in [-0.05, 0) is 55.9 Å². The number of nitrogens with zero attached hydrogens (tertiary/aromatic N) is 1. The fourth-order valence-electron chi connectivity index (χ4n) is 2.54. The minimum Gasteiger partial charge on any atom is -0.372 e. The number of aryl methyl sites for hydroxylation is 1. The van der Waals surface area contributed by atoms with Crippen molar-refractivity contribution in [2.24, 2.45) is 5.92 Å². The average Bonchev–Trinajstić information content (AvgIpc) is 3.19. The summed E-state index contributed by atoms with van der Waals surface area (Å²) in [5.74, 6) is 0.910. The van der Waals surface area contributed by atoms with E-state index < -0.39 is 0 Å². The van der Waals surface area contributed by atoms with E-state index in [-0.39, 0.29) is 0 Å². The van der Waals surface area contributed by atoms with E-state index >= 15 is 0 Å². The van der Waals surface area contributed by atoms with E-state index in [4.69, 9.17) is 0 Å². The summed E-state index contributed by atoms with van der Waals surface area (Å²) in [4.78, 5) is 2.43. The third-order valence-corrected chi connectivity index (χ3v) is 4.35. The molecule has 2 heteroatoms. The summed E-state index contributed by atoms with van der Waals surface area (Å²) < 4.78 is 0. The van der Waals surface area contributed by atoms with E-state index in [1.54, 1.807) is 0 Å². The number of hydrogen-bond donors (Lipinski definition) is 1. The van der Waals surface area contributed by atoms with Gasteiger partial charge in [0, 0.05) is 31.4 Å². The van der Waals surface area contributed by atoms with Crippen LogP contribution in [0, 0.1) is 12.8 Å². The summed E-state index contributed by atoms with van der Waals surface area (Å²) in [5, 5.41) is 3.49. The Morgan fingerprint density at radius 2 is 1.95 bits per heavy atom. The molecule has 0 aromatic heterocycles. The summed E-state index contributed by atoms with van der Waals surface area (Å²) in [6, 6.07) is 8.07. The van der Waals surface area contributed by atoms with E-state index in [0.29, 0.717) is 12.1 Å². The maximum absolute atomic E-state index is 3.49. The van der Waals surface area contributed by atoms with Crippen LogP contribution in [0.1, 0.15) is 44.7 Å². The highest BCUT2D eigenvalue weighted by Crippen LogP contribution is 2.36. The molecule has 106 valence electrons. The van der Waals surface area contributed by atoms with E-state index in [9.17, 15) is 0 Å². The highest BCUT2D eigenvalue weighted by Gasteiger charge is 2.30. The third-order valence-electron chi connectivity index (χ3n) is 4.35. The van der Waals surface area contributed by atoms with Crippen molar-refractivity contribution >= 4 is 5.69 Å². The highest BCUT2D eigenvalue weighted by atomic mass is 15.1. The van der Waals surface area contributed by atoms with Gasteiger partial charge in [0.25, 0.3) is 0 Å². The monoisotopic (exact) mass is 260 g/mol. The molecule has 1 aliphatic rings. The second-order valence-electron chi connectivity index (χ2n) is 6.34. The molecule has 1 unspecified atom stereocenters. The van der Waals surface area contributed by atoms with Crippen LogP contribution >= 0.6 is 0 Å². The predicted molar refractivity (Wildman–Crippen MR) is 83.7 cm³/mol. The number of hydrogen-bond acceptors (Lipinski definition) is 2. The lowest BCUT2D eigenvalue weighted by atomic mass is 10.1. The molecule has 0 radical (unpaired) electrons. The quantitative estimate of drug-likeness (QED) is 0.838. The smallest absolute Gasteiger partial charge is 0.0368 e. The summed E-state index contributed by atoms with van der Waals surface area (Å²) in [7, 11) is 2.23. The van der Waals surface area contributed by atoms with Crippen LogP contribution in [0.2, 0.25) is 0 Å². The first-order chi connectivity index (χ1) is 8.99. The number of nitrogens with one attached hydrogen (secondary N) is 1. The molecule has 1 N–H and O–H groups in total. The Labute approximate surface area is 118 Å². The van der Waals surface area contributed by atoms with Gasteiger partial charge in [-0.15, -0.1) is 0 Å². The molecule has 0 heterocycles. The number of anilines is 1. The van der Waals surface area contributed by atoms with Crippen molar-refractivity contribution in [2.75, 3.05) is 11.9 Å². The molecule has 0 amide bonds. The van der Waals surface area contributed by atoms with Crippen LogP contribution in [0.25, 0.3) is 0 Å². The fraction of sp³-hybridized carbons (Fsp3) is 0.647. The van der Waals surface area contributed by atoms with Gasteiger partial charge in [-0.2, -0.15) is 0 Å². The molecule has 1 aromatic carbocycles. The van der Waals surface area contributed by atoms with Crippen LogP contribution in [0.15, 0.2) is 18.2 Å². The van der Waals surface area contributed by atoms with Crippen LogP contribution in [0.3, 0.4) is 0 Å². The van der Waals surface area contributed by atoms with Crippen LogP contribution in [0.5, 0.6) is 0 Å². The first-order valence-corrected chi connectivity index (χ1v) is 7.54. The lowest BCUT2D eigenvalue weighted by Gasteiger charge is -2.28. The Morgan fingerprint density at radius 1 is 1.26 bits per heavy atom. The van der Waals surface area contributed by atoms with Crippen molar-refractivity contribution in [3.8, 4) is 0 Å².